The van der Waals surface area contributed by atoms with Gasteiger partial charge in [0.05, 0.1) is 35.7 Å². The maximum Gasteiger partial charge on any atom is 0.199 e. The molecule has 5 heteroatoms. The number of aryl methyl sites for hydroxylation is 1. The Hall–Kier alpha value is -3.73. The quantitative estimate of drug-likeness (QED) is 0.357. The third-order valence-electron chi connectivity index (χ3n) is 5.00. The van der Waals surface area contributed by atoms with Gasteiger partial charge in [-0.1, -0.05) is 48.0 Å². The fourth-order valence-electron chi connectivity index (χ4n) is 3.57. The lowest BCUT2D eigenvalue weighted by Crippen LogP contribution is -2.03. The van der Waals surface area contributed by atoms with Gasteiger partial charge in [0.15, 0.2) is 17.4 Å². The van der Waals surface area contributed by atoms with Crippen LogP contribution in [-0.2, 0) is 0 Å². The molecular formula is C26H26N2O3. The van der Waals surface area contributed by atoms with Crippen LogP contribution in [0.5, 0.6) is 17.4 Å². The van der Waals surface area contributed by atoms with Crippen molar-refractivity contribution < 1.29 is 14.6 Å². The third kappa shape index (κ3) is 4.26. The van der Waals surface area contributed by atoms with Crippen LogP contribution in [0.25, 0.3) is 10.9 Å². The standard InChI is InChI=1S/C26H26N2O3/c1-4-30-22-15-20-21(16-23(22)31-5-2)28-26(29)24(20)25(18-9-7-6-8-10-18)27-19-13-11-17(3)12-14-19/h6-16,28-29H,4-5H2,1-3H3. The molecule has 0 fully saturated rings. The second-order valence-corrected chi connectivity index (χ2v) is 7.22. The molecule has 4 rings (SSSR count). The second kappa shape index (κ2) is 8.96. The predicted molar refractivity (Wildman–Crippen MR) is 125 cm³/mol. The van der Waals surface area contributed by atoms with Gasteiger partial charge in [-0.25, -0.2) is 4.99 Å². The molecule has 1 heterocycles. The molecule has 0 saturated heterocycles. The number of benzene rings is 3. The van der Waals surface area contributed by atoms with Gasteiger partial charge in [0.2, 0.25) is 0 Å². The highest BCUT2D eigenvalue weighted by Crippen LogP contribution is 2.38. The minimum absolute atomic E-state index is 0.0563. The number of fused-ring (bicyclic) bond motifs is 1. The highest BCUT2D eigenvalue weighted by atomic mass is 16.5. The fraction of sp³-hybridized carbons (Fsp3) is 0.192. The molecule has 0 saturated carbocycles. The van der Waals surface area contributed by atoms with Crippen molar-refractivity contribution >= 4 is 22.3 Å². The van der Waals surface area contributed by atoms with Crippen LogP contribution in [0.1, 0.15) is 30.5 Å². The number of aromatic hydroxyl groups is 1. The van der Waals surface area contributed by atoms with E-state index in [0.29, 0.717) is 36.0 Å². The molecule has 3 aromatic carbocycles. The van der Waals surface area contributed by atoms with Gasteiger partial charge in [-0.05, 0) is 39.0 Å². The van der Waals surface area contributed by atoms with Gasteiger partial charge in [-0.3, -0.25) is 0 Å². The molecule has 0 aliphatic carbocycles. The summed E-state index contributed by atoms with van der Waals surface area (Å²) in [6.07, 6.45) is 0. The van der Waals surface area contributed by atoms with E-state index < -0.39 is 0 Å². The Labute approximate surface area is 182 Å². The Morgan fingerprint density at radius 1 is 0.903 bits per heavy atom. The molecule has 5 nitrogen and oxygen atoms in total. The maximum atomic E-state index is 10.9. The van der Waals surface area contributed by atoms with Crippen LogP contribution >= 0.6 is 0 Å². The number of rotatable bonds is 7. The van der Waals surface area contributed by atoms with Gasteiger partial charge in [-0.15, -0.1) is 0 Å². The molecule has 2 N–H and O–H groups in total. The first-order valence-corrected chi connectivity index (χ1v) is 10.5. The number of ether oxygens (including phenoxy) is 2. The first kappa shape index (κ1) is 20.5. The Kier molecular flexibility index (Phi) is 5.94. The number of hydrogen-bond acceptors (Lipinski definition) is 4. The molecule has 0 spiro atoms. The second-order valence-electron chi connectivity index (χ2n) is 7.22. The SMILES string of the molecule is CCOc1cc2[nH]c(O)c(C(=Nc3ccc(C)cc3)c3ccccc3)c2cc1OCC. The van der Waals surface area contributed by atoms with Crippen LogP contribution in [0, 0.1) is 6.92 Å². The summed E-state index contributed by atoms with van der Waals surface area (Å²) < 4.78 is 11.6. The zero-order valence-corrected chi connectivity index (χ0v) is 18.0. The largest absolute Gasteiger partial charge is 0.494 e. The molecular weight excluding hydrogens is 388 g/mol. The van der Waals surface area contributed by atoms with E-state index in [4.69, 9.17) is 14.5 Å². The number of nitrogens with one attached hydrogen (secondary N) is 1. The Morgan fingerprint density at radius 3 is 2.19 bits per heavy atom. The van der Waals surface area contributed by atoms with Gasteiger partial charge < -0.3 is 19.6 Å². The van der Waals surface area contributed by atoms with Crippen molar-refractivity contribution in [3.63, 3.8) is 0 Å². The summed E-state index contributed by atoms with van der Waals surface area (Å²) in [6, 6.07) is 21.6. The Balaban J connectivity index is 1.96. The highest BCUT2D eigenvalue weighted by Gasteiger charge is 2.21. The number of aromatic amines is 1. The fourth-order valence-corrected chi connectivity index (χ4v) is 3.57. The van der Waals surface area contributed by atoms with E-state index in [1.807, 2.05) is 87.5 Å². The van der Waals surface area contributed by atoms with E-state index in [-0.39, 0.29) is 5.88 Å². The summed E-state index contributed by atoms with van der Waals surface area (Å²) in [5.74, 6) is 1.34. The number of hydrogen-bond donors (Lipinski definition) is 2. The van der Waals surface area contributed by atoms with Crippen LogP contribution < -0.4 is 9.47 Å². The van der Waals surface area contributed by atoms with Gasteiger partial charge in [0, 0.05) is 17.0 Å². The third-order valence-corrected chi connectivity index (χ3v) is 5.00. The Morgan fingerprint density at radius 2 is 1.55 bits per heavy atom. The average molecular weight is 415 g/mol. The van der Waals surface area contributed by atoms with Gasteiger partial charge in [0.1, 0.15) is 0 Å². The molecule has 0 amide bonds. The minimum Gasteiger partial charge on any atom is -0.494 e. The summed E-state index contributed by atoms with van der Waals surface area (Å²) >= 11 is 0. The zero-order chi connectivity index (χ0) is 21.8. The summed E-state index contributed by atoms with van der Waals surface area (Å²) in [7, 11) is 0. The topological polar surface area (TPSA) is 66.8 Å². The molecule has 0 bridgehead atoms. The molecule has 0 atom stereocenters. The van der Waals surface area contributed by atoms with Crippen LogP contribution in [0.4, 0.5) is 5.69 Å². The molecule has 0 aliphatic heterocycles. The van der Waals surface area contributed by atoms with Crippen molar-refractivity contribution in [2.45, 2.75) is 20.8 Å². The number of aromatic nitrogens is 1. The van der Waals surface area contributed by atoms with Crippen LogP contribution in [-0.4, -0.2) is 29.0 Å². The van der Waals surface area contributed by atoms with E-state index in [0.717, 1.165) is 22.2 Å². The van der Waals surface area contributed by atoms with Crippen LogP contribution in [0.3, 0.4) is 0 Å². The van der Waals surface area contributed by atoms with Gasteiger partial charge in [-0.2, -0.15) is 0 Å². The molecule has 31 heavy (non-hydrogen) atoms. The van der Waals surface area contributed by atoms with Crippen LogP contribution in [0.15, 0.2) is 71.7 Å². The number of nitrogens with zero attached hydrogens (tertiary/aromatic N) is 1. The van der Waals surface area contributed by atoms with Crippen molar-refractivity contribution in [1.82, 2.24) is 4.98 Å². The summed E-state index contributed by atoms with van der Waals surface area (Å²) in [4.78, 5) is 8.00. The average Bonchev–Trinajstić information content (AvgIpc) is 3.09. The maximum absolute atomic E-state index is 10.9. The van der Waals surface area contributed by atoms with Gasteiger partial charge in [0.25, 0.3) is 0 Å². The Bertz CT molecular complexity index is 1210. The first-order valence-electron chi connectivity index (χ1n) is 10.5. The summed E-state index contributed by atoms with van der Waals surface area (Å²) in [5, 5.41) is 11.7. The monoisotopic (exact) mass is 414 g/mol. The smallest absolute Gasteiger partial charge is 0.199 e. The highest BCUT2D eigenvalue weighted by molar-refractivity contribution is 6.22. The van der Waals surface area contributed by atoms with E-state index in [1.54, 1.807) is 0 Å². The van der Waals surface area contributed by atoms with E-state index in [1.165, 1.54) is 5.56 Å². The summed E-state index contributed by atoms with van der Waals surface area (Å²) in [6.45, 7) is 6.95. The van der Waals surface area contributed by atoms with E-state index in [2.05, 4.69) is 4.98 Å². The van der Waals surface area contributed by atoms with Crippen molar-refractivity contribution in [1.29, 1.82) is 0 Å². The van der Waals surface area contributed by atoms with E-state index in [9.17, 15) is 5.11 Å². The lowest BCUT2D eigenvalue weighted by atomic mass is 10.0. The van der Waals surface area contributed by atoms with E-state index >= 15 is 0 Å². The number of aliphatic imine (C=N–C) groups is 1. The van der Waals surface area contributed by atoms with Crippen molar-refractivity contribution in [3.05, 3.63) is 83.4 Å². The minimum atomic E-state index is 0.0563. The predicted octanol–water partition coefficient (Wildman–Crippen LogP) is 6.15. The lowest BCUT2D eigenvalue weighted by Gasteiger charge is -2.12. The van der Waals surface area contributed by atoms with Gasteiger partial charge >= 0.3 is 0 Å². The normalized spacial score (nSPS) is 11.6. The molecule has 1 aromatic heterocycles. The lowest BCUT2D eigenvalue weighted by molar-refractivity contribution is 0.288. The molecule has 0 unspecified atom stereocenters. The molecule has 158 valence electrons. The number of H-pyrrole nitrogens is 1. The molecule has 0 aliphatic rings. The van der Waals surface area contributed by atoms with Crippen molar-refractivity contribution in [3.8, 4) is 17.4 Å². The van der Waals surface area contributed by atoms with Crippen LogP contribution in [0.2, 0.25) is 0 Å². The molecule has 4 aromatic rings. The van der Waals surface area contributed by atoms with Crippen molar-refractivity contribution in [2.24, 2.45) is 4.99 Å². The molecule has 0 radical (unpaired) electrons. The summed E-state index contributed by atoms with van der Waals surface area (Å²) in [5.41, 5.74) is 4.96. The zero-order valence-electron chi connectivity index (χ0n) is 18.0. The first-order chi connectivity index (χ1) is 15.1. The van der Waals surface area contributed by atoms with Crippen molar-refractivity contribution in [2.75, 3.05) is 13.2 Å².